The maximum atomic E-state index is 12.9. The number of ether oxygens (including phenoxy) is 3. The Morgan fingerprint density at radius 3 is 0.896 bits per heavy atom. The van der Waals surface area contributed by atoms with Gasteiger partial charge in [0, 0.05) is 19.3 Å². The third kappa shape index (κ3) is 62.0. The zero-order valence-electron chi connectivity index (χ0n) is 49.7. The summed E-state index contributed by atoms with van der Waals surface area (Å²) in [6.07, 6.45) is 91.4. The molecule has 0 aliphatic rings. The fourth-order valence-corrected chi connectivity index (χ4v) is 8.20. The van der Waals surface area contributed by atoms with Gasteiger partial charge in [-0.1, -0.05) is 263 Å². The number of allylic oxidation sites excluding steroid dienone is 24. The molecule has 0 radical (unpaired) electrons. The Morgan fingerprint density at radius 1 is 0.273 bits per heavy atom. The van der Waals surface area contributed by atoms with Crippen molar-refractivity contribution in [2.75, 3.05) is 13.2 Å². The average Bonchev–Trinajstić information content (AvgIpc) is 3.43. The predicted molar refractivity (Wildman–Crippen MR) is 334 cm³/mol. The van der Waals surface area contributed by atoms with Crippen LogP contribution in [0.2, 0.25) is 0 Å². The third-order valence-electron chi connectivity index (χ3n) is 12.8. The van der Waals surface area contributed by atoms with Crippen molar-refractivity contribution in [1.29, 1.82) is 0 Å². The lowest BCUT2D eigenvalue weighted by molar-refractivity contribution is -0.166. The number of esters is 3. The van der Waals surface area contributed by atoms with Gasteiger partial charge in [0.15, 0.2) is 6.10 Å². The Kier molecular flexibility index (Phi) is 59.9. The van der Waals surface area contributed by atoms with Crippen molar-refractivity contribution in [2.45, 2.75) is 271 Å². The molecule has 0 N–H and O–H groups in total. The fraction of sp³-hybridized carbons (Fsp3) is 0.620. The molecule has 434 valence electrons. The normalized spacial score (nSPS) is 13.1. The van der Waals surface area contributed by atoms with Gasteiger partial charge < -0.3 is 14.2 Å². The first-order valence-corrected chi connectivity index (χ1v) is 31.3. The van der Waals surface area contributed by atoms with Crippen LogP contribution in [0.15, 0.2) is 146 Å². The van der Waals surface area contributed by atoms with E-state index < -0.39 is 6.10 Å². The maximum absolute atomic E-state index is 12.9. The number of rotatable bonds is 55. The highest BCUT2D eigenvalue weighted by Gasteiger charge is 2.19. The third-order valence-corrected chi connectivity index (χ3v) is 12.8. The highest BCUT2D eigenvalue weighted by Crippen LogP contribution is 2.15. The summed E-state index contributed by atoms with van der Waals surface area (Å²) in [6.45, 7) is 6.32. The molecule has 0 aromatic carbocycles. The first kappa shape index (κ1) is 72.3. The summed E-state index contributed by atoms with van der Waals surface area (Å²) in [7, 11) is 0. The Hall–Kier alpha value is -4.71. The molecule has 0 spiro atoms. The SMILES string of the molecule is CC/C=C\C/C=C\C/C=C\C/C=C\C/C=C\C/C=C\CCC(=O)OC[C@H](COC(=O)CCCCCCCCCCCCC/C=C\CCCCCCCC)OC(=O)CCCCC/C=C\C/C=C\C/C=C\C/C=C\C/C=C\CC. The molecule has 0 aliphatic heterocycles. The largest absolute Gasteiger partial charge is 0.462 e. The van der Waals surface area contributed by atoms with Crippen LogP contribution in [0.3, 0.4) is 0 Å². The molecule has 0 saturated carbocycles. The lowest BCUT2D eigenvalue weighted by Gasteiger charge is -2.18. The van der Waals surface area contributed by atoms with E-state index in [1.807, 2.05) is 6.08 Å². The van der Waals surface area contributed by atoms with Crippen LogP contribution in [0.1, 0.15) is 265 Å². The fourth-order valence-electron chi connectivity index (χ4n) is 8.20. The maximum Gasteiger partial charge on any atom is 0.306 e. The van der Waals surface area contributed by atoms with E-state index in [9.17, 15) is 14.4 Å². The molecule has 0 unspecified atom stereocenters. The molecule has 6 nitrogen and oxygen atoms in total. The van der Waals surface area contributed by atoms with E-state index in [2.05, 4.69) is 161 Å². The zero-order chi connectivity index (χ0) is 55.7. The van der Waals surface area contributed by atoms with Gasteiger partial charge in [-0.3, -0.25) is 14.4 Å². The Bertz CT molecular complexity index is 1700. The second kappa shape index (κ2) is 63.8. The lowest BCUT2D eigenvalue weighted by Crippen LogP contribution is -2.30. The Labute approximate surface area is 474 Å². The average molecular weight is 1060 g/mol. The smallest absolute Gasteiger partial charge is 0.306 e. The van der Waals surface area contributed by atoms with E-state index in [1.54, 1.807) is 0 Å². The minimum atomic E-state index is -0.834. The molecule has 0 aliphatic carbocycles. The van der Waals surface area contributed by atoms with Crippen molar-refractivity contribution in [3.63, 3.8) is 0 Å². The summed E-state index contributed by atoms with van der Waals surface area (Å²) in [5.74, 6) is -1.04. The van der Waals surface area contributed by atoms with Gasteiger partial charge >= 0.3 is 17.9 Å². The molecule has 6 heteroatoms. The first-order valence-electron chi connectivity index (χ1n) is 31.3. The molecule has 0 fully saturated rings. The van der Waals surface area contributed by atoms with Crippen molar-refractivity contribution in [3.8, 4) is 0 Å². The van der Waals surface area contributed by atoms with E-state index in [0.717, 1.165) is 109 Å². The molecule has 77 heavy (non-hydrogen) atoms. The zero-order valence-corrected chi connectivity index (χ0v) is 49.7. The minimum Gasteiger partial charge on any atom is -0.462 e. The molecule has 0 saturated heterocycles. The predicted octanol–water partition coefficient (Wildman–Crippen LogP) is 21.5. The molecule has 1 atom stereocenters. The van der Waals surface area contributed by atoms with Crippen molar-refractivity contribution < 1.29 is 28.6 Å². The van der Waals surface area contributed by atoms with Crippen LogP contribution in [0.5, 0.6) is 0 Å². The summed E-state index contributed by atoms with van der Waals surface area (Å²) in [5.41, 5.74) is 0. The standard InChI is InChI=1S/C71H114O6/c1-4-7-10-13-16-19-22-25-28-31-34-35-38-40-43-46-49-52-55-58-61-64-70(73)76-67-68(77-71(74)65-62-59-56-53-50-47-44-41-37-33-30-27-24-21-18-15-12-9-6-3)66-75-69(72)63-60-57-54-51-48-45-42-39-36-32-29-26-23-20-17-14-11-8-5-2/h8-9,11-12,17-18,20-21,25-30,36-37,39,41,45,47-48,50,54,57,68H,4-7,10,13-16,19,22-24,31-35,38,40,42-44,46,49,51-53,55-56,58-67H2,1-3H3/b11-8-,12-9-,20-17-,21-18-,28-25-,29-26-,30-27-,39-36-,41-37-,48-45-,50-47-,57-54-/t68-/m1/s1. The van der Waals surface area contributed by atoms with Gasteiger partial charge in [0.1, 0.15) is 13.2 Å². The number of hydrogen-bond donors (Lipinski definition) is 0. The van der Waals surface area contributed by atoms with E-state index in [1.165, 1.54) is 103 Å². The second-order valence-electron chi connectivity index (χ2n) is 20.2. The van der Waals surface area contributed by atoms with Gasteiger partial charge in [-0.05, 0) is 128 Å². The molecule has 0 aromatic rings. The van der Waals surface area contributed by atoms with E-state index >= 15 is 0 Å². The van der Waals surface area contributed by atoms with Gasteiger partial charge in [-0.15, -0.1) is 0 Å². The van der Waals surface area contributed by atoms with Gasteiger partial charge in [0.05, 0.1) is 0 Å². The van der Waals surface area contributed by atoms with Crippen LogP contribution in [-0.2, 0) is 28.6 Å². The molecule has 0 aromatic heterocycles. The highest BCUT2D eigenvalue weighted by molar-refractivity contribution is 5.71. The topological polar surface area (TPSA) is 78.9 Å². The van der Waals surface area contributed by atoms with Crippen molar-refractivity contribution in [3.05, 3.63) is 146 Å². The Morgan fingerprint density at radius 2 is 0.532 bits per heavy atom. The van der Waals surface area contributed by atoms with E-state index in [4.69, 9.17) is 14.2 Å². The lowest BCUT2D eigenvalue weighted by atomic mass is 10.0. The van der Waals surface area contributed by atoms with Crippen LogP contribution in [0.25, 0.3) is 0 Å². The summed E-state index contributed by atoms with van der Waals surface area (Å²) < 4.78 is 16.8. The number of unbranched alkanes of at least 4 members (excludes halogenated alkanes) is 20. The number of hydrogen-bond acceptors (Lipinski definition) is 6. The molecular formula is C71H114O6. The number of carbonyl (C=O) groups excluding carboxylic acids is 3. The second-order valence-corrected chi connectivity index (χ2v) is 20.2. The van der Waals surface area contributed by atoms with Crippen LogP contribution >= 0.6 is 0 Å². The van der Waals surface area contributed by atoms with Gasteiger partial charge in [0.2, 0.25) is 0 Å². The number of carbonyl (C=O) groups is 3. The molecule has 0 rings (SSSR count). The van der Waals surface area contributed by atoms with Gasteiger partial charge in [-0.25, -0.2) is 0 Å². The summed E-state index contributed by atoms with van der Waals surface area (Å²) in [4.78, 5) is 38.3. The molecular weight excluding hydrogens is 949 g/mol. The molecule has 0 heterocycles. The summed E-state index contributed by atoms with van der Waals surface area (Å²) in [5, 5.41) is 0. The van der Waals surface area contributed by atoms with E-state index in [0.29, 0.717) is 19.3 Å². The quantitative estimate of drug-likeness (QED) is 0.0261. The van der Waals surface area contributed by atoms with Crippen LogP contribution in [-0.4, -0.2) is 37.2 Å². The van der Waals surface area contributed by atoms with Gasteiger partial charge in [-0.2, -0.15) is 0 Å². The van der Waals surface area contributed by atoms with Crippen molar-refractivity contribution in [2.24, 2.45) is 0 Å². The summed E-state index contributed by atoms with van der Waals surface area (Å²) in [6, 6.07) is 0. The van der Waals surface area contributed by atoms with Crippen LogP contribution < -0.4 is 0 Å². The van der Waals surface area contributed by atoms with Crippen molar-refractivity contribution in [1.82, 2.24) is 0 Å². The van der Waals surface area contributed by atoms with Crippen LogP contribution in [0.4, 0.5) is 0 Å². The van der Waals surface area contributed by atoms with Crippen molar-refractivity contribution >= 4 is 17.9 Å². The monoisotopic (exact) mass is 1060 g/mol. The Balaban J connectivity index is 4.55. The van der Waals surface area contributed by atoms with E-state index in [-0.39, 0.29) is 44.0 Å². The first-order chi connectivity index (χ1) is 38.0. The minimum absolute atomic E-state index is 0.120. The van der Waals surface area contributed by atoms with Gasteiger partial charge in [0.25, 0.3) is 0 Å². The highest BCUT2D eigenvalue weighted by atomic mass is 16.6. The molecule has 0 bridgehead atoms. The summed E-state index contributed by atoms with van der Waals surface area (Å²) >= 11 is 0. The molecule has 0 amide bonds. The van der Waals surface area contributed by atoms with Crippen LogP contribution in [0, 0.1) is 0 Å².